The zero-order valence-corrected chi connectivity index (χ0v) is 34.6. The summed E-state index contributed by atoms with van der Waals surface area (Å²) in [6.07, 6.45) is 0. The number of carboxylic acids is 6. The number of ether oxygens (including phenoxy) is 1. The van der Waals surface area contributed by atoms with E-state index in [0.717, 1.165) is 20.8 Å². The van der Waals surface area contributed by atoms with E-state index in [9.17, 15) is 34.5 Å². The van der Waals surface area contributed by atoms with Crippen LogP contribution in [0.3, 0.4) is 0 Å². The molecule has 18 nitrogen and oxygen atoms in total. The first-order valence-electron chi connectivity index (χ1n) is 17.6. The van der Waals surface area contributed by atoms with Crippen LogP contribution < -0.4 is 0 Å². The minimum Gasteiger partial charge on any atom is -0.481 e. The molecule has 1 heterocycles. The Morgan fingerprint density at radius 1 is 0.574 bits per heavy atom. The van der Waals surface area contributed by atoms with Gasteiger partial charge in [-0.15, -0.1) is 0 Å². The lowest BCUT2D eigenvalue weighted by molar-refractivity contribution is -0.177. The van der Waals surface area contributed by atoms with Crippen molar-refractivity contribution in [1.29, 1.82) is 0 Å². The maximum Gasteiger partial charge on any atom is 0.325 e. The highest BCUT2D eigenvalue weighted by atomic mass is 16.5. The largest absolute Gasteiger partial charge is 0.481 e. The molecular formula is C36H68N4O14. The summed E-state index contributed by atoms with van der Waals surface area (Å²) < 4.78 is 5.19. The SMILES string of the molecule is CC(=O)O.CC(=O)O.CC(=O)O.CCOC(=O)CN1CCN(CC(=O)O)CCN(C(C(=O)O)C(C)(C)C)CCN(C(C(=O)O)(C(C)(C)C)C(C)(C)C)CC1. The summed E-state index contributed by atoms with van der Waals surface area (Å²) in [6.45, 7) is 24.4. The molecule has 0 radical (unpaired) electrons. The van der Waals surface area contributed by atoms with Gasteiger partial charge in [0, 0.05) is 73.1 Å². The van der Waals surface area contributed by atoms with Gasteiger partial charge in [-0.2, -0.15) is 0 Å². The number of nitrogens with zero attached hydrogens (tertiary/aromatic N) is 4. The van der Waals surface area contributed by atoms with Crippen LogP contribution in [-0.4, -0.2) is 176 Å². The van der Waals surface area contributed by atoms with Crippen LogP contribution in [0, 0.1) is 16.2 Å². The highest BCUT2D eigenvalue weighted by molar-refractivity contribution is 5.81. The number of rotatable bonds is 9. The maximum atomic E-state index is 13.4. The van der Waals surface area contributed by atoms with Crippen molar-refractivity contribution in [3.63, 3.8) is 0 Å². The Hall–Kier alpha value is -3.87. The predicted octanol–water partition coefficient (Wildman–Crippen LogP) is 2.54. The maximum absolute atomic E-state index is 13.4. The topological polar surface area (TPSA) is 263 Å². The summed E-state index contributed by atoms with van der Waals surface area (Å²) in [5.41, 5.74) is -3.43. The molecule has 0 aromatic rings. The minimum atomic E-state index is -1.35. The van der Waals surface area contributed by atoms with Crippen molar-refractivity contribution >= 4 is 41.8 Å². The lowest BCUT2D eigenvalue weighted by Gasteiger charge is -2.57. The molecule has 1 unspecified atom stereocenters. The van der Waals surface area contributed by atoms with Gasteiger partial charge >= 0.3 is 23.9 Å². The zero-order chi connectivity index (χ0) is 43.4. The Labute approximate surface area is 320 Å². The Morgan fingerprint density at radius 3 is 1.22 bits per heavy atom. The van der Waals surface area contributed by atoms with Gasteiger partial charge < -0.3 is 35.4 Å². The monoisotopic (exact) mass is 780 g/mol. The average molecular weight is 781 g/mol. The molecule has 0 aromatic carbocycles. The summed E-state index contributed by atoms with van der Waals surface area (Å²) in [5.74, 6) is -5.85. The molecule has 18 heteroatoms. The van der Waals surface area contributed by atoms with Crippen molar-refractivity contribution in [2.24, 2.45) is 16.2 Å². The van der Waals surface area contributed by atoms with Gasteiger partial charge in [0.2, 0.25) is 0 Å². The van der Waals surface area contributed by atoms with Gasteiger partial charge in [-0.3, -0.25) is 53.2 Å². The van der Waals surface area contributed by atoms with Crippen LogP contribution in [0.15, 0.2) is 0 Å². The molecule has 0 aliphatic carbocycles. The van der Waals surface area contributed by atoms with E-state index < -0.39 is 69.6 Å². The van der Waals surface area contributed by atoms with E-state index in [4.69, 9.17) is 34.4 Å². The molecule has 1 aliphatic rings. The van der Waals surface area contributed by atoms with Crippen LogP contribution in [0.4, 0.5) is 0 Å². The quantitative estimate of drug-likeness (QED) is 0.184. The third-order valence-corrected chi connectivity index (χ3v) is 8.17. The van der Waals surface area contributed by atoms with E-state index in [-0.39, 0.29) is 39.3 Å². The molecular weight excluding hydrogens is 712 g/mol. The Morgan fingerprint density at radius 2 is 0.907 bits per heavy atom. The van der Waals surface area contributed by atoms with Crippen LogP contribution in [0.25, 0.3) is 0 Å². The number of hydrogen-bond donors (Lipinski definition) is 6. The van der Waals surface area contributed by atoms with Crippen molar-refractivity contribution < 1.29 is 68.9 Å². The van der Waals surface area contributed by atoms with E-state index in [2.05, 4.69) is 0 Å². The lowest BCUT2D eigenvalue weighted by atomic mass is 9.59. The summed E-state index contributed by atoms with van der Waals surface area (Å²) >= 11 is 0. The highest BCUT2D eigenvalue weighted by Gasteiger charge is 2.60. The standard InChI is InChI=1S/C30H56N4O8.3C2H4O2/c1-11-42-23(37)21-32-13-12-31(20-22(35)36)14-16-33(24(25(38)39)27(2,3)4)17-19-34(18-15-32)30(26(40)41,28(5,6)7)29(8,9)10;3*1-2(3)4/h24H,11-21H2,1-10H3,(H,35,36)(H,38,39)(H,40,41);3*1H3,(H,3,4). The van der Waals surface area contributed by atoms with Crippen molar-refractivity contribution in [3.05, 3.63) is 0 Å². The Balaban J connectivity index is -0.00000188. The molecule has 1 saturated heterocycles. The number of carboxylic acid groups (broad SMARTS) is 6. The normalized spacial score (nSPS) is 16.5. The fourth-order valence-corrected chi connectivity index (χ4v) is 6.93. The van der Waals surface area contributed by atoms with E-state index in [0.29, 0.717) is 32.7 Å². The number of aliphatic carboxylic acids is 6. The molecule has 1 atom stereocenters. The molecule has 54 heavy (non-hydrogen) atoms. The zero-order valence-electron chi connectivity index (χ0n) is 34.6. The van der Waals surface area contributed by atoms with E-state index in [1.54, 1.807) is 11.8 Å². The van der Waals surface area contributed by atoms with Gasteiger partial charge in [-0.25, -0.2) is 0 Å². The second kappa shape index (κ2) is 24.5. The van der Waals surface area contributed by atoms with Crippen molar-refractivity contribution in [1.82, 2.24) is 19.6 Å². The van der Waals surface area contributed by atoms with Gasteiger partial charge in [-0.05, 0) is 23.2 Å². The van der Waals surface area contributed by atoms with Crippen LogP contribution >= 0.6 is 0 Å². The summed E-state index contributed by atoms with van der Waals surface area (Å²) in [4.78, 5) is 84.5. The van der Waals surface area contributed by atoms with Gasteiger partial charge in [0.1, 0.15) is 11.6 Å². The molecule has 1 fully saturated rings. The molecule has 0 aromatic heterocycles. The number of carbonyl (C=O) groups excluding carboxylic acids is 1. The Kier molecular flexibility index (Phi) is 24.7. The fraction of sp³-hybridized carbons (Fsp3) is 0.806. The molecule has 0 bridgehead atoms. The second-order valence-electron chi connectivity index (χ2n) is 16.0. The third-order valence-electron chi connectivity index (χ3n) is 8.17. The summed E-state index contributed by atoms with van der Waals surface area (Å²) in [5, 5.41) is 53.0. The number of hydrogen-bond acceptors (Lipinski definition) is 12. The number of carbonyl (C=O) groups is 7. The van der Waals surface area contributed by atoms with Crippen molar-refractivity contribution in [2.75, 3.05) is 72.1 Å². The smallest absolute Gasteiger partial charge is 0.325 e. The van der Waals surface area contributed by atoms with E-state index >= 15 is 0 Å². The molecule has 0 amide bonds. The van der Waals surface area contributed by atoms with Gasteiger partial charge in [0.15, 0.2) is 0 Å². The first-order valence-corrected chi connectivity index (χ1v) is 17.6. The van der Waals surface area contributed by atoms with Crippen molar-refractivity contribution in [2.45, 2.75) is 102 Å². The van der Waals surface area contributed by atoms with Crippen molar-refractivity contribution in [3.8, 4) is 0 Å². The van der Waals surface area contributed by atoms with E-state index in [1.807, 2.05) is 77.0 Å². The van der Waals surface area contributed by atoms with Gasteiger partial charge in [0.25, 0.3) is 17.9 Å². The van der Waals surface area contributed by atoms with Gasteiger partial charge in [0.05, 0.1) is 19.7 Å². The molecule has 6 N–H and O–H groups in total. The minimum absolute atomic E-state index is 0.00899. The molecule has 316 valence electrons. The van der Waals surface area contributed by atoms with E-state index in [1.165, 1.54) is 0 Å². The Bertz CT molecular complexity index is 1170. The predicted molar refractivity (Wildman–Crippen MR) is 200 cm³/mol. The molecule has 1 aliphatic heterocycles. The average Bonchev–Trinajstić information content (AvgIpc) is 2.90. The van der Waals surface area contributed by atoms with Crippen LogP contribution in [0.5, 0.6) is 0 Å². The first-order chi connectivity index (χ1) is 24.3. The molecule has 0 saturated carbocycles. The van der Waals surface area contributed by atoms with Crippen LogP contribution in [-0.2, 0) is 38.3 Å². The summed E-state index contributed by atoms with van der Waals surface area (Å²) in [6, 6.07) is -0.877. The first kappa shape index (κ1) is 54.5. The third kappa shape index (κ3) is 21.1. The second-order valence-corrected chi connectivity index (χ2v) is 16.0. The lowest BCUT2D eigenvalue weighted by Crippen LogP contribution is -2.71. The summed E-state index contributed by atoms with van der Waals surface area (Å²) in [7, 11) is 0. The van der Waals surface area contributed by atoms with Crippen LogP contribution in [0.2, 0.25) is 0 Å². The fourth-order valence-electron chi connectivity index (χ4n) is 6.93. The van der Waals surface area contributed by atoms with Crippen LogP contribution in [0.1, 0.15) is 90.0 Å². The highest BCUT2D eigenvalue weighted by Crippen LogP contribution is 2.48. The van der Waals surface area contributed by atoms with Gasteiger partial charge in [-0.1, -0.05) is 62.3 Å². The number of esters is 1. The molecule has 0 spiro atoms. The molecule has 1 rings (SSSR count).